The lowest BCUT2D eigenvalue weighted by molar-refractivity contribution is 0.592. The van der Waals surface area contributed by atoms with E-state index < -0.39 is 0 Å². The maximum Gasteiger partial charge on any atom is 0.197 e. The van der Waals surface area contributed by atoms with Crippen molar-refractivity contribution in [2.24, 2.45) is 0 Å². The number of benzene rings is 3. The van der Waals surface area contributed by atoms with Crippen molar-refractivity contribution in [2.75, 3.05) is 0 Å². The average Bonchev–Trinajstić information content (AvgIpc) is 2.71. The van der Waals surface area contributed by atoms with E-state index in [9.17, 15) is 4.79 Å². The third-order valence-corrected chi connectivity index (χ3v) is 4.29. The molecule has 2 heteroatoms. The van der Waals surface area contributed by atoms with E-state index >= 15 is 0 Å². The van der Waals surface area contributed by atoms with Crippen LogP contribution >= 0.6 is 0 Å². The van der Waals surface area contributed by atoms with Crippen LogP contribution in [0.15, 0.2) is 100 Å². The van der Waals surface area contributed by atoms with Crippen molar-refractivity contribution in [2.45, 2.75) is 5.92 Å². The van der Waals surface area contributed by atoms with E-state index in [-0.39, 0.29) is 11.3 Å². The van der Waals surface area contributed by atoms with E-state index in [4.69, 9.17) is 4.42 Å². The Morgan fingerprint density at radius 3 is 2.19 bits per heavy atom. The van der Waals surface area contributed by atoms with Crippen LogP contribution in [-0.2, 0) is 0 Å². The SMILES string of the molecule is O=c1c(C(C#Cc2ccccc2)c2ccccc2)coc2ccccc12. The molecule has 0 aliphatic rings. The first-order valence-electron chi connectivity index (χ1n) is 8.45. The molecule has 4 rings (SSSR count). The molecule has 0 aliphatic heterocycles. The first kappa shape index (κ1) is 15.9. The molecule has 0 fully saturated rings. The summed E-state index contributed by atoms with van der Waals surface area (Å²) in [4.78, 5) is 13.0. The summed E-state index contributed by atoms with van der Waals surface area (Å²) in [6.07, 6.45) is 1.54. The standard InChI is InChI=1S/C24H16O2/c25-24-21-13-7-8-14-23(21)26-17-22(24)20(19-11-5-2-6-12-19)16-15-18-9-3-1-4-10-18/h1-14,17,20H. The largest absolute Gasteiger partial charge is 0.464 e. The van der Waals surface area contributed by atoms with E-state index in [1.807, 2.05) is 72.8 Å². The minimum atomic E-state index is -0.350. The first-order valence-corrected chi connectivity index (χ1v) is 8.45. The van der Waals surface area contributed by atoms with E-state index in [1.54, 1.807) is 18.4 Å². The van der Waals surface area contributed by atoms with Gasteiger partial charge in [0.25, 0.3) is 0 Å². The van der Waals surface area contributed by atoms with Crippen molar-refractivity contribution >= 4 is 11.0 Å². The lowest BCUT2D eigenvalue weighted by Crippen LogP contribution is -2.13. The van der Waals surface area contributed by atoms with Gasteiger partial charge in [0.2, 0.25) is 0 Å². The molecule has 26 heavy (non-hydrogen) atoms. The van der Waals surface area contributed by atoms with Crippen LogP contribution in [0.25, 0.3) is 11.0 Å². The Labute approximate surface area is 151 Å². The quantitative estimate of drug-likeness (QED) is 0.483. The molecular weight excluding hydrogens is 320 g/mol. The molecular formula is C24H16O2. The van der Waals surface area contributed by atoms with Crippen molar-refractivity contribution in [1.82, 2.24) is 0 Å². The number of hydrogen-bond acceptors (Lipinski definition) is 2. The van der Waals surface area contributed by atoms with Crippen LogP contribution in [0, 0.1) is 11.8 Å². The van der Waals surface area contributed by atoms with Gasteiger partial charge in [-0.1, -0.05) is 72.5 Å². The van der Waals surface area contributed by atoms with E-state index in [1.165, 1.54) is 0 Å². The van der Waals surface area contributed by atoms with Crippen LogP contribution < -0.4 is 5.43 Å². The highest BCUT2D eigenvalue weighted by molar-refractivity contribution is 5.77. The van der Waals surface area contributed by atoms with Gasteiger partial charge in [-0.2, -0.15) is 0 Å². The van der Waals surface area contributed by atoms with E-state index in [0.29, 0.717) is 16.5 Å². The average molecular weight is 336 g/mol. The lowest BCUT2D eigenvalue weighted by atomic mass is 9.92. The molecule has 0 bridgehead atoms. The monoisotopic (exact) mass is 336 g/mol. The molecule has 2 nitrogen and oxygen atoms in total. The Morgan fingerprint density at radius 2 is 1.42 bits per heavy atom. The van der Waals surface area contributed by atoms with Crippen LogP contribution in [0.5, 0.6) is 0 Å². The van der Waals surface area contributed by atoms with Gasteiger partial charge >= 0.3 is 0 Å². The van der Waals surface area contributed by atoms with Crippen LogP contribution in [0.4, 0.5) is 0 Å². The predicted octanol–water partition coefficient (Wildman–Crippen LogP) is 4.98. The van der Waals surface area contributed by atoms with Crippen molar-refractivity contribution in [3.05, 3.63) is 118 Å². The first-order chi connectivity index (χ1) is 12.8. The van der Waals surface area contributed by atoms with Gasteiger partial charge in [0, 0.05) is 5.56 Å². The van der Waals surface area contributed by atoms with Crippen LogP contribution in [0.3, 0.4) is 0 Å². The third-order valence-electron chi connectivity index (χ3n) is 4.29. The minimum absolute atomic E-state index is 0.0388. The molecule has 0 N–H and O–H groups in total. The highest BCUT2D eigenvalue weighted by Crippen LogP contribution is 2.23. The Kier molecular flexibility index (Phi) is 4.37. The Hall–Kier alpha value is -3.57. The highest BCUT2D eigenvalue weighted by Gasteiger charge is 2.17. The molecule has 4 aromatic rings. The summed E-state index contributed by atoms with van der Waals surface area (Å²) >= 11 is 0. The van der Waals surface area contributed by atoms with Crippen LogP contribution in [0.1, 0.15) is 22.6 Å². The van der Waals surface area contributed by atoms with Crippen LogP contribution in [-0.4, -0.2) is 0 Å². The summed E-state index contributed by atoms with van der Waals surface area (Å²) in [6.45, 7) is 0. The van der Waals surface area contributed by atoms with Gasteiger partial charge in [-0.15, -0.1) is 0 Å². The smallest absolute Gasteiger partial charge is 0.197 e. The molecule has 0 saturated carbocycles. The van der Waals surface area contributed by atoms with Gasteiger partial charge in [-0.05, 0) is 29.8 Å². The zero-order valence-corrected chi connectivity index (χ0v) is 14.1. The van der Waals surface area contributed by atoms with E-state index in [2.05, 4.69) is 11.8 Å². The number of fused-ring (bicyclic) bond motifs is 1. The third kappa shape index (κ3) is 3.16. The molecule has 1 atom stereocenters. The number of hydrogen-bond donors (Lipinski definition) is 0. The number of rotatable bonds is 2. The van der Waals surface area contributed by atoms with Crippen molar-refractivity contribution < 1.29 is 4.42 Å². The van der Waals surface area contributed by atoms with Crippen molar-refractivity contribution in [3.8, 4) is 11.8 Å². The maximum absolute atomic E-state index is 13.0. The van der Waals surface area contributed by atoms with Crippen molar-refractivity contribution in [3.63, 3.8) is 0 Å². The lowest BCUT2D eigenvalue weighted by Gasteiger charge is -2.11. The Bertz CT molecular complexity index is 1150. The molecule has 0 amide bonds. The van der Waals surface area contributed by atoms with Crippen LogP contribution in [0.2, 0.25) is 0 Å². The fourth-order valence-corrected chi connectivity index (χ4v) is 2.96. The molecule has 124 valence electrons. The van der Waals surface area contributed by atoms with Gasteiger partial charge in [0.15, 0.2) is 5.43 Å². The fraction of sp³-hybridized carbons (Fsp3) is 0.0417. The molecule has 0 saturated heterocycles. The van der Waals surface area contributed by atoms with Gasteiger partial charge in [-0.25, -0.2) is 0 Å². The normalized spacial score (nSPS) is 11.5. The molecule has 1 unspecified atom stereocenters. The summed E-state index contributed by atoms with van der Waals surface area (Å²) in [5, 5.41) is 0.576. The predicted molar refractivity (Wildman–Crippen MR) is 104 cm³/mol. The van der Waals surface area contributed by atoms with Gasteiger partial charge < -0.3 is 4.42 Å². The topological polar surface area (TPSA) is 30.2 Å². The molecule has 0 radical (unpaired) electrons. The second kappa shape index (κ2) is 7.13. The minimum Gasteiger partial charge on any atom is -0.464 e. The molecule has 3 aromatic carbocycles. The second-order valence-corrected chi connectivity index (χ2v) is 6.00. The summed E-state index contributed by atoms with van der Waals surface area (Å²) in [5.41, 5.74) is 2.99. The maximum atomic E-state index is 13.0. The van der Waals surface area contributed by atoms with E-state index in [0.717, 1.165) is 11.1 Å². The zero-order chi connectivity index (χ0) is 17.8. The number of para-hydroxylation sites is 1. The fourth-order valence-electron chi connectivity index (χ4n) is 2.96. The Balaban J connectivity index is 1.88. The van der Waals surface area contributed by atoms with Crippen molar-refractivity contribution in [1.29, 1.82) is 0 Å². The summed E-state index contributed by atoms with van der Waals surface area (Å²) in [5.74, 6) is 6.10. The summed E-state index contributed by atoms with van der Waals surface area (Å²) in [7, 11) is 0. The second-order valence-electron chi connectivity index (χ2n) is 6.00. The Morgan fingerprint density at radius 1 is 0.769 bits per heavy atom. The molecule has 0 spiro atoms. The van der Waals surface area contributed by atoms with Gasteiger partial charge in [0.05, 0.1) is 23.1 Å². The highest BCUT2D eigenvalue weighted by atomic mass is 16.3. The van der Waals surface area contributed by atoms with Gasteiger partial charge in [0.1, 0.15) is 5.58 Å². The molecule has 1 heterocycles. The summed E-state index contributed by atoms with van der Waals surface area (Å²) in [6, 6.07) is 26.9. The molecule has 0 aliphatic carbocycles. The summed E-state index contributed by atoms with van der Waals surface area (Å²) < 4.78 is 5.71. The van der Waals surface area contributed by atoms with Gasteiger partial charge in [-0.3, -0.25) is 4.79 Å². The zero-order valence-electron chi connectivity index (χ0n) is 14.1. The molecule has 1 aromatic heterocycles.